The first-order valence-corrected chi connectivity index (χ1v) is 13.1. The van der Waals surface area contributed by atoms with Gasteiger partial charge < -0.3 is 4.42 Å². The number of rotatable bonds is 1. The fourth-order valence-corrected chi connectivity index (χ4v) is 9.58. The van der Waals surface area contributed by atoms with E-state index < -0.39 is 8.07 Å². The van der Waals surface area contributed by atoms with Gasteiger partial charge in [-0.15, -0.1) is 34.5 Å². The third-order valence-corrected chi connectivity index (χ3v) is 10.5. The minimum Gasteiger partial charge on any atom is -0.468 e. The van der Waals surface area contributed by atoms with Gasteiger partial charge in [0, 0.05) is 37.3 Å². The zero-order valence-corrected chi connectivity index (χ0v) is 20.9. The summed E-state index contributed by atoms with van der Waals surface area (Å²) in [6, 6.07) is 23.7. The Balaban J connectivity index is 0.000000141. The maximum absolute atomic E-state index is 5.53. The van der Waals surface area contributed by atoms with Gasteiger partial charge >= 0.3 is 0 Å². The van der Waals surface area contributed by atoms with Crippen LogP contribution in [0.4, 0.5) is 0 Å². The van der Waals surface area contributed by atoms with Gasteiger partial charge in [0.15, 0.2) is 0 Å². The molecule has 144 valence electrons. The molecule has 3 heterocycles. The number of allylic oxidation sites excluding steroid dienone is 1. The van der Waals surface area contributed by atoms with Crippen molar-refractivity contribution in [3.05, 3.63) is 95.5 Å². The van der Waals surface area contributed by atoms with Crippen LogP contribution in [0.1, 0.15) is 29.4 Å². The van der Waals surface area contributed by atoms with Crippen molar-refractivity contribution >= 4 is 24.0 Å². The van der Waals surface area contributed by atoms with Crippen molar-refractivity contribution in [2.75, 3.05) is 0 Å². The maximum Gasteiger partial charge on any atom is 0.115 e. The van der Waals surface area contributed by atoms with Crippen molar-refractivity contribution in [3.63, 3.8) is 0 Å². The predicted octanol–water partition coefficient (Wildman–Crippen LogP) is 7.48. The Morgan fingerprint density at radius 1 is 0.897 bits per heavy atom. The van der Waals surface area contributed by atoms with Crippen LogP contribution in [-0.4, -0.2) is 8.07 Å². The molecule has 29 heavy (non-hydrogen) atoms. The largest absolute Gasteiger partial charge is 0.468 e. The van der Waals surface area contributed by atoms with Crippen molar-refractivity contribution in [2.24, 2.45) is 0 Å². The Bertz CT molecular complexity index is 1210. The smallest absolute Gasteiger partial charge is 0.115 e. The van der Waals surface area contributed by atoms with Crippen LogP contribution in [0.25, 0.3) is 27.1 Å². The molecular weight excluding hydrogens is 448 g/mol. The molecule has 7 rings (SSSR count). The SMILES string of the molecule is CC1=C2c3ccoc3C1[Si]2(C)C.Cc1cc2c(-c3ccccc3)cccc2[cH-]1.[Zr]. The van der Waals surface area contributed by atoms with Crippen molar-refractivity contribution in [1.29, 1.82) is 0 Å². The molecule has 0 amide bonds. The predicted molar refractivity (Wildman–Crippen MR) is 121 cm³/mol. The molecule has 0 saturated heterocycles. The first kappa shape index (κ1) is 20.4. The Labute approximate surface area is 192 Å². The van der Waals surface area contributed by atoms with E-state index in [0.717, 1.165) is 0 Å². The van der Waals surface area contributed by atoms with Crippen LogP contribution in [0.3, 0.4) is 0 Å². The Morgan fingerprint density at radius 2 is 1.66 bits per heavy atom. The Kier molecular flexibility index (Phi) is 5.25. The fraction of sp³-hybridized carbons (Fsp3) is 0.192. The summed E-state index contributed by atoms with van der Waals surface area (Å²) in [6.07, 6.45) is 1.83. The third kappa shape index (κ3) is 3.10. The first-order valence-electron chi connectivity index (χ1n) is 9.99. The van der Waals surface area contributed by atoms with Crippen LogP contribution in [0.5, 0.6) is 0 Å². The zero-order chi connectivity index (χ0) is 19.5. The zero-order valence-electron chi connectivity index (χ0n) is 17.4. The molecule has 3 aromatic carbocycles. The van der Waals surface area contributed by atoms with Gasteiger partial charge in [-0.2, -0.15) is 6.07 Å². The quantitative estimate of drug-likeness (QED) is 0.207. The molecule has 2 bridgehead atoms. The van der Waals surface area contributed by atoms with E-state index in [-0.39, 0.29) is 26.2 Å². The van der Waals surface area contributed by atoms with Gasteiger partial charge in [0.1, 0.15) is 5.76 Å². The topological polar surface area (TPSA) is 13.1 Å². The van der Waals surface area contributed by atoms with Gasteiger partial charge in [-0.25, -0.2) is 0 Å². The number of hydrogen-bond donors (Lipinski definition) is 0. The molecule has 1 nitrogen and oxygen atoms in total. The van der Waals surface area contributed by atoms with E-state index in [2.05, 4.69) is 93.7 Å². The molecule has 3 aliphatic rings. The van der Waals surface area contributed by atoms with Crippen molar-refractivity contribution in [2.45, 2.75) is 32.5 Å². The summed E-state index contributed by atoms with van der Waals surface area (Å²) in [4.78, 5) is 0. The van der Waals surface area contributed by atoms with Crippen LogP contribution in [0, 0.1) is 6.92 Å². The molecule has 0 spiro atoms. The standard InChI is InChI=1S/C16H13.C10H12OSi.Zr/c1-12-10-14-8-5-9-15(16(14)11-12)13-6-3-2-4-7-13;1-6-9-7-4-5-11-8(7)10(6)12(9,2)3;/h2-11H,1H3;4-5,10H,1-3H3;/q-1;;. The van der Waals surface area contributed by atoms with E-state index in [9.17, 15) is 0 Å². The normalized spacial score (nSPS) is 17.9. The molecule has 2 aliphatic heterocycles. The summed E-state index contributed by atoms with van der Waals surface area (Å²) >= 11 is 0. The van der Waals surface area contributed by atoms with Crippen LogP contribution in [0.2, 0.25) is 13.1 Å². The molecule has 3 heteroatoms. The summed E-state index contributed by atoms with van der Waals surface area (Å²) in [5, 5.41) is 4.35. The van der Waals surface area contributed by atoms with Gasteiger partial charge in [0.25, 0.3) is 0 Å². The van der Waals surface area contributed by atoms with Gasteiger partial charge in [-0.05, 0) is 23.7 Å². The summed E-state index contributed by atoms with van der Waals surface area (Å²) in [5.41, 5.74) is 7.66. The second-order valence-corrected chi connectivity index (χ2v) is 13.1. The third-order valence-electron chi connectivity index (χ3n) is 6.40. The summed E-state index contributed by atoms with van der Waals surface area (Å²) in [6.45, 7) is 9.29. The monoisotopic (exact) mass is 471 g/mol. The molecular formula is C26H25OSiZr-. The van der Waals surface area contributed by atoms with E-state index in [4.69, 9.17) is 4.42 Å². The maximum atomic E-state index is 5.53. The minimum absolute atomic E-state index is 0. The molecule has 1 aromatic heterocycles. The average Bonchev–Trinajstić information content (AvgIpc) is 3.38. The Morgan fingerprint density at radius 3 is 2.34 bits per heavy atom. The summed E-state index contributed by atoms with van der Waals surface area (Å²) < 4.78 is 5.53. The van der Waals surface area contributed by atoms with Crippen LogP contribution < -0.4 is 0 Å². The average molecular weight is 473 g/mol. The molecule has 0 radical (unpaired) electrons. The number of benzene rings is 2. The van der Waals surface area contributed by atoms with E-state index in [0.29, 0.717) is 5.54 Å². The summed E-state index contributed by atoms with van der Waals surface area (Å²) in [7, 11) is -1.08. The molecule has 1 atom stereocenters. The Hall–Kier alpha value is -1.83. The van der Waals surface area contributed by atoms with Crippen LogP contribution >= 0.6 is 0 Å². The number of hydrogen-bond acceptors (Lipinski definition) is 1. The van der Waals surface area contributed by atoms with Gasteiger partial charge in [0.2, 0.25) is 0 Å². The minimum atomic E-state index is -1.08. The van der Waals surface area contributed by atoms with E-state index in [1.807, 2.05) is 6.26 Å². The van der Waals surface area contributed by atoms with Gasteiger partial charge in [-0.1, -0.05) is 67.6 Å². The molecule has 1 unspecified atom stereocenters. The van der Waals surface area contributed by atoms with Crippen molar-refractivity contribution in [1.82, 2.24) is 0 Å². The summed E-state index contributed by atoms with van der Waals surface area (Å²) in [5.74, 6) is 1.26. The van der Waals surface area contributed by atoms with Crippen molar-refractivity contribution < 1.29 is 30.6 Å². The fourth-order valence-electron chi connectivity index (χ4n) is 5.35. The number of fused-ring (bicyclic) bond motifs is 1. The molecule has 4 aromatic rings. The second-order valence-electron chi connectivity index (χ2n) is 8.62. The second kappa shape index (κ2) is 7.45. The van der Waals surface area contributed by atoms with Crippen molar-refractivity contribution in [3.8, 4) is 11.1 Å². The van der Waals surface area contributed by atoms with E-state index in [1.54, 1.807) is 10.8 Å². The van der Waals surface area contributed by atoms with Gasteiger partial charge in [0.05, 0.1) is 14.3 Å². The molecule has 0 fully saturated rings. The van der Waals surface area contributed by atoms with Crippen LogP contribution in [0.15, 0.2) is 83.0 Å². The first-order chi connectivity index (χ1) is 13.5. The van der Waals surface area contributed by atoms with E-state index in [1.165, 1.54) is 38.8 Å². The molecule has 0 N–H and O–H groups in total. The van der Waals surface area contributed by atoms with E-state index >= 15 is 0 Å². The molecule has 1 aliphatic carbocycles. The van der Waals surface area contributed by atoms with Gasteiger partial charge in [-0.3, -0.25) is 0 Å². The number of aryl methyl sites for hydroxylation is 1. The molecule has 0 saturated carbocycles. The van der Waals surface area contributed by atoms with Crippen LogP contribution in [-0.2, 0) is 26.2 Å². The number of furan rings is 1.